The molecule has 1 aliphatic rings. The van der Waals surface area contributed by atoms with E-state index in [1.807, 2.05) is 43.3 Å². The molecule has 3 nitrogen and oxygen atoms in total. The Morgan fingerprint density at radius 1 is 1.04 bits per heavy atom. The molecule has 1 unspecified atom stereocenters. The largest absolute Gasteiger partial charge is 0.321 e. The van der Waals surface area contributed by atoms with Gasteiger partial charge in [-0.2, -0.15) is 0 Å². The molecule has 2 aromatic carbocycles. The van der Waals surface area contributed by atoms with Gasteiger partial charge in [-0.1, -0.05) is 48.5 Å². The van der Waals surface area contributed by atoms with Crippen molar-refractivity contribution in [3.8, 4) is 0 Å². The minimum atomic E-state index is -0.0521. The van der Waals surface area contributed by atoms with E-state index in [-0.39, 0.29) is 11.9 Å². The SMILES string of the molecule is C[C@H](C(=O)Nc1ccccc1)[NH+]1CC=C(c2ccccc2)CC1. The van der Waals surface area contributed by atoms with Crippen molar-refractivity contribution in [3.05, 3.63) is 72.3 Å². The Bertz CT molecular complexity index is 679. The summed E-state index contributed by atoms with van der Waals surface area (Å²) in [5.74, 6) is 0.0859. The van der Waals surface area contributed by atoms with E-state index < -0.39 is 0 Å². The Labute approximate surface area is 137 Å². The van der Waals surface area contributed by atoms with Crippen molar-refractivity contribution in [1.82, 2.24) is 0 Å². The van der Waals surface area contributed by atoms with Crippen molar-refractivity contribution in [1.29, 1.82) is 0 Å². The number of quaternary nitrogens is 1. The van der Waals surface area contributed by atoms with Crippen LogP contribution in [0.1, 0.15) is 18.9 Å². The predicted octanol–water partition coefficient (Wildman–Crippen LogP) is 2.39. The first-order chi connectivity index (χ1) is 11.2. The normalized spacial score (nSPS) is 18.8. The molecule has 2 aromatic rings. The number of amides is 1. The van der Waals surface area contributed by atoms with Crippen LogP contribution in [-0.4, -0.2) is 25.0 Å². The Balaban J connectivity index is 1.60. The molecule has 0 saturated heterocycles. The number of rotatable bonds is 4. The van der Waals surface area contributed by atoms with Gasteiger partial charge >= 0.3 is 0 Å². The summed E-state index contributed by atoms with van der Waals surface area (Å²) in [7, 11) is 0. The fourth-order valence-electron chi connectivity index (χ4n) is 3.02. The Morgan fingerprint density at radius 2 is 1.70 bits per heavy atom. The van der Waals surface area contributed by atoms with Crippen LogP contribution >= 0.6 is 0 Å². The van der Waals surface area contributed by atoms with Gasteiger partial charge in [0.25, 0.3) is 5.91 Å². The molecule has 0 spiro atoms. The van der Waals surface area contributed by atoms with Crippen LogP contribution in [0.3, 0.4) is 0 Å². The fourth-order valence-corrected chi connectivity index (χ4v) is 3.02. The van der Waals surface area contributed by atoms with Crippen molar-refractivity contribution in [3.63, 3.8) is 0 Å². The van der Waals surface area contributed by atoms with E-state index in [4.69, 9.17) is 0 Å². The molecular formula is C20H23N2O+. The maximum absolute atomic E-state index is 12.4. The van der Waals surface area contributed by atoms with Crippen LogP contribution < -0.4 is 10.2 Å². The van der Waals surface area contributed by atoms with Gasteiger partial charge in [0.15, 0.2) is 6.04 Å². The second-order valence-corrected chi connectivity index (χ2v) is 6.03. The van der Waals surface area contributed by atoms with Gasteiger partial charge in [-0.25, -0.2) is 0 Å². The molecule has 2 atom stereocenters. The van der Waals surface area contributed by atoms with Crippen molar-refractivity contribution in [2.75, 3.05) is 18.4 Å². The van der Waals surface area contributed by atoms with Gasteiger partial charge in [0, 0.05) is 12.1 Å². The molecule has 0 bridgehead atoms. The van der Waals surface area contributed by atoms with Crippen molar-refractivity contribution >= 4 is 17.2 Å². The number of carbonyl (C=O) groups is 1. The third kappa shape index (κ3) is 3.88. The lowest BCUT2D eigenvalue weighted by Gasteiger charge is -2.28. The fraction of sp³-hybridized carbons (Fsp3) is 0.250. The lowest BCUT2D eigenvalue weighted by Crippen LogP contribution is -3.17. The highest BCUT2D eigenvalue weighted by molar-refractivity contribution is 5.93. The van der Waals surface area contributed by atoms with E-state index in [0.29, 0.717) is 0 Å². The summed E-state index contributed by atoms with van der Waals surface area (Å²) in [6, 6.07) is 20.1. The van der Waals surface area contributed by atoms with Crippen LogP contribution in [0, 0.1) is 0 Å². The summed E-state index contributed by atoms with van der Waals surface area (Å²) in [5, 5.41) is 3.00. The van der Waals surface area contributed by atoms with Crippen LogP contribution in [0.25, 0.3) is 5.57 Å². The summed E-state index contributed by atoms with van der Waals surface area (Å²) in [4.78, 5) is 13.7. The zero-order valence-corrected chi connectivity index (χ0v) is 13.5. The van der Waals surface area contributed by atoms with E-state index in [0.717, 1.165) is 25.2 Å². The molecule has 118 valence electrons. The highest BCUT2D eigenvalue weighted by atomic mass is 16.2. The van der Waals surface area contributed by atoms with Crippen LogP contribution in [0.5, 0.6) is 0 Å². The third-order valence-electron chi connectivity index (χ3n) is 4.52. The Kier molecular flexibility index (Phi) is 4.89. The number of benzene rings is 2. The summed E-state index contributed by atoms with van der Waals surface area (Å²) in [6.07, 6.45) is 3.29. The molecular weight excluding hydrogens is 284 g/mol. The minimum Gasteiger partial charge on any atom is -0.321 e. The first-order valence-electron chi connectivity index (χ1n) is 8.19. The van der Waals surface area contributed by atoms with E-state index >= 15 is 0 Å². The monoisotopic (exact) mass is 307 g/mol. The van der Waals surface area contributed by atoms with E-state index in [9.17, 15) is 4.79 Å². The zero-order chi connectivity index (χ0) is 16.1. The summed E-state index contributed by atoms with van der Waals surface area (Å²) >= 11 is 0. The number of hydrogen-bond donors (Lipinski definition) is 2. The number of anilines is 1. The summed E-state index contributed by atoms with van der Waals surface area (Å²) in [5.41, 5.74) is 3.55. The number of hydrogen-bond acceptors (Lipinski definition) is 1. The van der Waals surface area contributed by atoms with Crippen molar-refractivity contribution in [2.45, 2.75) is 19.4 Å². The van der Waals surface area contributed by atoms with Crippen LogP contribution in [-0.2, 0) is 4.79 Å². The smallest absolute Gasteiger partial charge is 0.282 e. The van der Waals surface area contributed by atoms with E-state index in [1.54, 1.807) is 0 Å². The first-order valence-corrected chi connectivity index (χ1v) is 8.19. The number of nitrogens with one attached hydrogen (secondary N) is 2. The van der Waals surface area contributed by atoms with E-state index in [1.165, 1.54) is 16.0 Å². The van der Waals surface area contributed by atoms with Crippen LogP contribution in [0.2, 0.25) is 0 Å². The van der Waals surface area contributed by atoms with Crippen LogP contribution in [0.4, 0.5) is 5.69 Å². The van der Waals surface area contributed by atoms with E-state index in [2.05, 4.69) is 35.7 Å². The molecule has 3 rings (SSSR count). The van der Waals surface area contributed by atoms with Gasteiger partial charge in [0.2, 0.25) is 0 Å². The molecule has 3 heteroatoms. The number of carbonyl (C=O) groups excluding carboxylic acids is 1. The highest BCUT2D eigenvalue weighted by Crippen LogP contribution is 2.18. The maximum Gasteiger partial charge on any atom is 0.282 e. The topological polar surface area (TPSA) is 33.5 Å². The minimum absolute atomic E-state index is 0.0521. The molecule has 1 aliphatic heterocycles. The Morgan fingerprint density at radius 3 is 2.30 bits per heavy atom. The van der Waals surface area contributed by atoms with Gasteiger partial charge in [-0.05, 0) is 36.3 Å². The van der Waals surface area contributed by atoms with Crippen molar-refractivity contribution < 1.29 is 9.69 Å². The highest BCUT2D eigenvalue weighted by Gasteiger charge is 2.26. The second kappa shape index (κ2) is 7.25. The molecule has 0 aliphatic carbocycles. The molecule has 23 heavy (non-hydrogen) atoms. The summed E-state index contributed by atoms with van der Waals surface area (Å²) < 4.78 is 0. The second-order valence-electron chi connectivity index (χ2n) is 6.03. The zero-order valence-electron chi connectivity index (χ0n) is 13.5. The quantitative estimate of drug-likeness (QED) is 0.893. The van der Waals surface area contributed by atoms with Crippen molar-refractivity contribution in [2.24, 2.45) is 0 Å². The standard InChI is InChI=1S/C20H22N2O/c1-16(20(23)21-19-10-6-3-7-11-19)22-14-12-18(13-15-22)17-8-4-2-5-9-17/h2-12,16H,13-15H2,1H3,(H,21,23)/p+1/t16-/m1/s1. The van der Waals surface area contributed by atoms with Gasteiger partial charge in [0.05, 0.1) is 13.1 Å². The lowest BCUT2D eigenvalue weighted by atomic mass is 9.99. The molecule has 2 N–H and O–H groups in total. The average Bonchev–Trinajstić information content (AvgIpc) is 2.63. The molecule has 0 radical (unpaired) electrons. The van der Waals surface area contributed by atoms with Gasteiger partial charge in [-0.15, -0.1) is 0 Å². The van der Waals surface area contributed by atoms with Crippen LogP contribution in [0.15, 0.2) is 66.7 Å². The predicted molar refractivity (Wildman–Crippen MR) is 94.3 cm³/mol. The number of para-hydroxylation sites is 1. The van der Waals surface area contributed by atoms with Gasteiger partial charge in [0.1, 0.15) is 0 Å². The molecule has 0 saturated carbocycles. The first kappa shape index (κ1) is 15.5. The molecule has 1 amide bonds. The third-order valence-corrected chi connectivity index (χ3v) is 4.52. The lowest BCUT2D eigenvalue weighted by molar-refractivity contribution is -0.909. The summed E-state index contributed by atoms with van der Waals surface area (Å²) in [6.45, 7) is 3.90. The van der Waals surface area contributed by atoms with Gasteiger partial charge in [-0.3, -0.25) is 4.79 Å². The molecule has 1 heterocycles. The van der Waals surface area contributed by atoms with Gasteiger partial charge < -0.3 is 10.2 Å². The maximum atomic E-state index is 12.4. The Hall–Kier alpha value is -2.39. The average molecular weight is 307 g/mol. The molecule has 0 fully saturated rings. The molecule has 0 aromatic heterocycles.